The summed E-state index contributed by atoms with van der Waals surface area (Å²) in [4.78, 5) is 0. The van der Waals surface area contributed by atoms with Crippen LogP contribution in [0.5, 0.6) is 0 Å². The van der Waals surface area contributed by atoms with E-state index in [4.69, 9.17) is 0 Å². The molecule has 0 aromatic heterocycles. The van der Waals surface area contributed by atoms with Gasteiger partial charge in [0.15, 0.2) is 0 Å². The maximum atomic E-state index is 2.31. The highest BCUT2D eigenvalue weighted by molar-refractivity contribution is 6.07. The van der Waals surface area contributed by atoms with Crippen molar-refractivity contribution in [2.45, 2.75) is 134 Å². The van der Waals surface area contributed by atoms with Crippen LogP contribution in [-0.4, -0.2) is 0 Å². The Labute approximate surface area is 390 Å². The van der Waals surface area contributed by atoms with Crippen LogP contribution in [0.25, 0.3) is 53.9 Å². The predicted molar refractivity (Wildman–Crippen MR) is 295 cm³/mol. The Kier molecular flexibility index (Phi) is 25.2. The SMILES string of the molecule is CC.CC.CC.CC.CC(C)c1ccc2c(ccc3ccccc32)c1.CC(C)c1ccc2cc3ccccc3cc2c1.CC(C)c1ccc2ccccc2c1.CC(C)c1ccccc1. The first-order valence-electron chi connectivity index (χ1n) is 24.4. The quantitative estimate of drug-likeness (QED) is 0.122. The van der Waals surface area contributed by atoms with Crippen LogP contribution in [-0.2, 0) is 0 Å². The van der Waals surface area contributed by atoms with Crippen LogP contribution in [0.2, 0.25) is 0 Å². The summed E-state index contributed by atoms with van der Waals surface area (Å²) in [5.74, 6) is 2.45. The van der Waals surface area contributed by atoms with E-state index >= 15 is 0 Å². The average Bonchev–Trinajstić information content (AvgIpc) is 3.36. The predicted octanol–water partition coefficient (Wildman–Crippen LogP) is 21.1. The molecule has 0 aliphatic rings. The lowest BCUT2D eigenvalue weighted by molar-refractivity contribution is 0.867. The third-order valence-corrected chi connectivity index (χ3v) is 10.7. The summed E-state index contributed by atoms with van der Waals surface area (Å²) in [7, 11) is 0. The van der Waals surface area contributed by atoms with E-state index in [-0.39, 0.29) is 0 Å². The van der Waals surface area contributed by atoms with Gasteiger partial charge in [0.1, 0.15) is 0 Å². The average molecular weight is 851 g/mol. The molecule has 0 amide bonds. The smallest absolute Gasteiger partial charge is 0.0105 e. The minimum absolute atomic E-state index is 0.589. The minimum Gasteiger partial charge on any atom is -0.0683 e. The van der Waals surface area contributed by atoms with Crippen LogP contribution in [0.4, 0.5) is 0 Å². The van der Waals surface area contributed by atoms with Crippen molar-refractivity contribution in [3.63, 3.8) is 0 Å². The van der Waals surface area contributed by atoms with E-state index in [0.29, 0.717) is 23.7 Å². The van der Waals surface area contributed by atoms with Crippen molar-refractivity contribution in [3.8, 4) is 0 Å². The number of benzene rings is 9. The zero-order valence-electron chi connectivity index (χ0n) is 42.6. The summed E-state index contributed by atoms with van der Waals surface area (Å²) >= 11 is 0. The molecule has 0 aliphatic carbocycles. The molecule has 0 spiro atoms. The van der Waals surface area contributed by atoms with Gasteiger partial charge in [-0.05, 0) is 112 Å². The topological polar surface area (TPSA) is 0 Å². The van der Waals surface area contributed by atoms with Gasteiger partial charge in [0, 0.05) is 0 Å². The van der Waals surface area contributed by atoms with Gasteiger partial charge in [-0.1, -0.05) is 281 Å². The molecule has 9 aromatic carbocycles. The van der Waals surface area contributed by atoms with E-state index in [0.717, 1.165) is 0 Å². The molecule has 0 heteroatoms. The van der Waals surface area contributed by atoms with Crippen molar-refractivity contribution in [2.24, 2.45) is 0 Å². The molecule has 0 N–H and O–H groups in total. The van der Waals surface area contributed by atoms with Gasteiger partial charge in [0.25, 0.3) is 0 Å². The van der Waals surface area contributed by atoms with Crippen LogP contribution < -0.4 is 0 Å². The lowest BCUT2D eigenvalue weighted by atomic mass is 9.96. The van der Waals surface area contributed by atoms with E-state index in [9.17, 15) is 0 Å². The largest absolute Gasteiger partial charge is 0.0683 e. The molecule has 0 radical (unpaired) electrons. The summed E-state index contributed by atoms with van der Waals surface area (Å²) in [6.07, 6.45) is 0. The van der Waals surface area contributed by atoms with Crippen molar-refractivity contribution in [1.82, 2.24) is 0 Å². The highest BCUT2D eigenvalue weighted by Gasteiger charge is 2.05. The third-order valence-electron chi connectivity index (χ3n) is 10.7. The van der Waals surface area contributed by atoms with Gasteiger partial charge in [0.05, 0.1) is 0 Å². The standard InChI is InChI=1S/2C17H16.C13H14.C9H12.4C2H6/c1-12(2)13-7-8-16-10-14-5-3-4-6-15(14)11-17(16)9-13;1-12(2)14-9-10-17-15(11-14)8-7-13-5-3-4-6-16(13)17;1-10(2)12-8-7-11-5-3-4-6-13(11)9-12;1-8(2)9-6-4-3-5-7-9;4*1-2/h2*3-12H,1-2H3;3-10H,1-2H3;3-8H,1-2H3;4*1-2H3. The van der Waals surface area contributed by atoms with Crippen molar-refractivity contribution < 1.29 is 0 Å². The van der Waals surface area contributed by atoms with Gasteiger partial charge in [0.2, 0.25) is 0 Å². The molecule has 0 heterocycles. The molecule has 9 aromatic rings. The molecule has 0 aliphatic heterocycles. The van der Waals surface area contributed by atoms with E-state index < -0.39 is 0 Å². The zero-order chi connectivity index (χ0) is 47.6. The van der Waals surface area contributed by atoms with Crippen LogP contribution >= 0.6 is 0 Å². The Morgan fingerprint density at radius 1 is 0.203 bits per heavy atom. The number of hydrogen-bond acceptors (Lipinski definition) is 0. The van der Waals surface area contributed by atoms with Crippen LogP contribution in [0.1, 0.15) is 157 Å². The monoisotopic (exact) mass is 851 g/mol. The van der Waals surface area contributed by atoms with Crippen molar-refractivity contribution in [1.29, 1.82) is 0 Å². The molecule has 0 saturated carbocycles. The lowest BCUT2D eigenvalue weighted by Crippen LogP contribution is -1.87. The lowest BCUT2D eigenvalue weighted by Gasteiger charge is -2.08. The first-order valence-corrected chi connectivity index (χ1v) is 24.4. The Hall–Kier alpha value is -5.72. The fourth-order valence-electron chi connectivity index (χ4n) is 7.11. The van der Waals surface area contributed by atoms with Gasteiger partial charge in [-0.2, -0.15) is 0 Å². The normalized spacial score (nSPS) is 10.1. The minimum atomic E-state index is 0.589. The van der Waals surface area contributed by atoms with Gasteiger partial charge in [-0.3, -0.25) is 0 Å². The highest BCUT2D eigenvalue weighted by Crippen LogP contribution is 2.29. The van der Waals surface area contributed by atoms with Gasteiger partial charge >= 0.3 is 0 Å². The summed E-state index contributed by atoms with van der Waals surface area (Å²) in [5, 5.41) is 13.3. The molecule has 0 bridgehead atoms. The van der Waals surface area contributed by atoms with Gasteiger partial charge in [-0.25, -0.2) is 0 Å². The second-order valence-electron chi connectivity index (χ2n) is 16.2. The van der Waals surface area contributed by atoms with Crippen molar-refractivity contribution >= 4 is 53.9 Å². The Morgan fingerprint density at radius 2 is 0.500 bits per heavy atom. The maximum absolute atomic E-state index is 2.31. The van der Waals surface area contributed by atoms with Crippen LogP contribution in [0.15, 0.2) is 182 Å². The first kappa shape index (κ1) is 54.4. The first-order chi connectivity index (χ1) is 31.1. The second kappa shape index (κ2) is 29.6. The van der Waals surface area contributed by atoms with E-state index in [1.165, 1.54) is 76.1 Å². The molecule has 0 fully saturated rings. The third kappa shape index (κ3) is 16.1. The molecule has 0 atom stereocenters. The fourth-order valence-corrected chi connectivity index (χ4v) is 7.11. The Balaban J connectivity index is 0.000000284. The summed E-state index contributed by atoms with van der Waals surface area (Å²) < 4.78 is 0. The molecule has 338 valence electrons. The van der Waals surface area contributed by atoms with Crippen molar-refractivity contribution in [3.05, 3.63) is 204 Å². The summed E-state index contributed by atoms with van der Waals surface area (Å²) in [6.45, 7) is 33.8. The number of hydrogen-bond donors (Lipinski definition) is 0. The van der Waals surface area contributed by atoms with Gasteiger partial charge < -0.3 is 0 Å². The summed E-state index contributed by atoms with van der Waals surface area (Å²) in [6, 6.07) is 65.4. The molecule has 9 rings (SSSR count). The van der Waals surface area contributed by atoms with Crippen LogP contribution in [0, 0.1) is 0 Å². The number of fused-ring (bicyclic) bond motifs is 6. The summed E-state index contributed by atoms with van der Waals surface area (Å²) in [5.41, 5.74) is 5.65. The second-order valence-corrected chi connectivity index (χ2v) is 16.2. The zero-order valence-corrected chi connectivity index (χ0v) is 42.6. The van der Waals surface area contributed by atoms with E-state index in [1.807, 2.05) is 61.5 Å². The molecular weight excluding hydrogens is 769 g/mol. The van der Waals surface area contributed by atoms with Crippen molar-refractivity contribution in [2.75, 3.05) is 0 Å². The molecule has 0 saturated heterocycles. The molecule has 0 nitrogen and oxygen atoms in total. The molecular formula is C64H82. The Morgan fingerprint density at radius 3 is 0.984 bits per heavy atom. The van der Waals surface area contributed by atoms with Gasteiger partial charge in [-0.15, -0.1) is 0 Å². The Bertz CT molecular complexity index is 2620. The van der Waals surface area contributed by atoms with E-state index in [1.54, 1.807) is 0 Å². The van der Waals surface area contributed by atoms with Crippen LogP contribution in [0.3, 0.4) is 0 Å². The molecule has 0 unspecified atom stereocenters. The fraction of sp³-hybridized carbons (Fsp3) is 0.312. The molecule has 64 heavy (non-hydrogen) atoms. The van der Waals surface area contributed by atoms with E-state index in [2.05, 4.69) is 231 Å². The number of rotatable bonds is 4. The maximum Gasteiger partial charge on any atom is -0.0105 e. The highest BCUT2D eigenvalue weighted by atomic mass is 14.1.